The van der Waals surface area contributed by atoms with Gasteiger partial charge in [0.1, 0.15) is 18.8 Å². The molecule has 1 aromatic carbocycles. The maximum absolute atomic E-state index is 13.1. The Kier molecular flexibility index (Phi) is 11.4. The van der Waals surface area contributed by atoms with Gasteiger partial charge in [-0.3, -0.25) is 9.59 Å². The number of hydrogen-bond acceptors (Lipinski definition) is 9. The summed E-state index contributed by atoms with van der Waals surface area (Å²) in [6.07, 6.45) is 0.912. The molecule has 1 saturated heterocycles. The zero-order valence-electron chi connectivity index (χ0n) is 21.0. The first-order chi connectivity index (χ1) is 17.8. The van der Waals surface area contributed by atoms with Gasteiger partial charge in [-0.2, -0.15) is 0 Å². The fourth-order valence-corrected chi connectivity index (χ4v) is 5.32. The Bertz CT molecular complexity index is 968. The number of nitrogens with zero attached hydrogens (tertiary/aromatic N) is 1. The fraction of sp³-hybridized carbons (Fsp3) is 0.600. The first-order valence-corrected chi connectivity index (χ1v) is 13.2. The highest BCUT2D eigenvalue weighted by Gasteiger charge is 2.42. The SMILES string of the molecule is COCC(=O)N(C[C@@H]1CCCO1)[C@@H]1CC(C(=O)NCCO)=C[C@H](Oc2c(I)cc(CO)cc2OC)[C@H]1O. The Morgan fingerprint density at radius 1 is 1.27 bits per heavy atom. The van der Waals surface area contributed by atoms with Crippen LogP contribution in [-0.4, -0.2) is 104 Å². The van der Waals surface area contributed by atoms with Gasteiger partial charge >= 0.3 is 0 Å². The Morgan fingerprint density at radius 3 is 2.68 bits per heavy atom. The van der Waals surface area contributed by atoms with E-state index >= 15 is 0 Å². The number of carbonyl (C=O) groups excluding carboxylic acids is 2. The Balaban J connectivity index is 1.98. The molecule has 0 radical (unpaired) electrons. The lowest BCUT2D eigenvalue weighted by Crippen LogP contribution is -2.57. The molecule has 2 aliphatic rings. The average Bonchev–Trinajstić information content (AvgIpc) is 3.41. The maximum Gasteiger partial charge on any atom is 0.248 e. The number of hydrogen-bond donors (Lipinski definition) is 4. The van der Waals surface area contributed by atoms with Crippen LogP contribution in [0, 0.1) is 3.57 Å². The molecule has 1 heterocycles. The minimum Gasteiger partial charge on any atom is -0.493 e. The third-order valence-corrected chi connectivity index (χ3v) is 7.15. The van der Waals surface area contributed by atoms with Gasteiger partial charge in [0, 0.05) is 38.8 Å². The van der Waals surface area contributed by atoms with Gasteiger partial charge in [0.05, 0.1) is 36.0 Å². The van der Waals surface area contributed by atoms with Gasteiger partial charge in [-0.1, -0.05) is 0 Å². The summed E-state index contributed by atoms with van der Waals surface area (Å²) in [6.45, 7) is 0.308. The number of ether oxygens (including phenoxy) is 4. The molecule has 1 aliphatic heterocycles. The van der Waals surface area contributed by atoms with Crippen molar-refractivity contribution in [2.24, 2.45) is 0 Å². The van der Waals surface area contributed by atoms with E-state index in [1.165, 1.54) is 25.2 Å². The van der Waals surface area contributed by atoms with Crippen molar-refractivity contribution in [1.82, 2.24) is 10.2 Å². The molecular formula is C25H35IN2O9. The quantitative estimate of drug-likeness (QED) is 0.240. The summed E-state index contributed by atoms with van der Waals surface area (Å²) in [7, 11) is 2.89. The molecule has 1 aromatic rings. The Hall–Kier alpha value is -1.97. The summed E-state index contributed by atoms with van der Waals surface area (Å²) in [5.41, 5.74) is 0.945. The van der Waals surface area contributed by atoms with Gasteiger partial charge in [-0.15, -0.1) is 0 Å². The number of aliphatic hydroxyl groups excluding tert-OH is 3. The van der Waals surface area contributed by atoms with Crippen molar-refractivity contribution in [1.29, 1.82) is 0 Å². The number of carbonyl (C=O) groups is 2. The van der Waals surface area contributed by atoms with E-state index in [0.717, 1.165) is 12.8 Å². The van der Waals surface area contributed by atoms with Crippen LogP contribution in [0.2, 0.25) is 0 Å². The third-order valence-electron chi connectivity index (χ3n) is 6.35. The van der Waals surface area contributed by atoms with Crippen LogP contribution in [0.5, 0.6) is 11.5 Å². The zero-order valence-corrected chi connectivity index (χ0v) is 23.2. The molecule has 2 amide bonds. The molecule has 1 fully saturated rings. The molecule has 4 N–H and O–H groups in total. The normalized spacial score (nSPS) is 23.4. The highest BCUT2D eigenvalue weighted by atomic mass is 127. The predicted molar refractivity (Wildman–Crippen MR) is 141 cm³/mol. The van der Waals surface area contributed by atoms with Gasteiger partial charge in [-0.05, 0) is 59.2 Å². The third kappa shape index (κ3) is 7.54. The Morgan fingerprint density at radius 2 is 2.05 bits per heavy atom. The minimum atomic E-state index is -1.19. The van der Waals surface area contributed by atoms with Gasteiger partial charge in [0.15, 0.2) is 11.5 Å². The molecule has 12 heteroatoms. The first-order valence-electron chi connectivity index (χ1n) is 12.1. The van der Waals surface area contributed by atoms with Crippen molar-refractivity contribution in [2.75, 3.05) is 47.1 Å². The number of benzene rings is 1. The standard InChI is InChI=1S/C25H35IN2O9/c1-34-14-22(31)28(12-17-4-3-7-36-17)19-10-16(25(33)27-5-6-29)11-20(23(19)32)37-24-18(26)8-15(13-30)9-21(24)35-2/h8-9,11,17,19-20,23,29-30,32H,3-7,10,12-14H2,1-2H3,(H,27,33)/t17-,19+,20-,23-/m0/s1. The van der Waals surface area contributed by atoms with Crippen LogP contribution in [0.4, 0.5) is 0 Å². The summed E-state index contributed by atoms with van der Waals surface area (Å²) in [4.78, 5) is 27.5. The molecule has 0 spiro atoms. The lowest BCUT2D eigenvalue weighted by Gasteiger charge is -2.41. The number of rotatable bonds is 12. The van der Waals surface area contributed by atoms with Crippen LogP contribution >= 0.6 is 22.6 Å². The second kappa shape index (κ2) is 14.3. The lowest BCUT2D eigenvalue weighted by molar-refractivity contribution is -0.144. The summed E-state index contributed by atoms with van der Waals surface area (Å²) in [5.74, 6) is -0.0627. The molecule has 4 atom stereocenters. The zero-order chi connectivity index (χ0) is 26.9. The second-order valence-corrected chi connectivity index (χ2v) is 10.1. The van der Waals surface area contributed by atoms with E-state index in [1.54, 1.807) is 12.1 Å². The minimum absolute atomic E-state index is 0.0610. The van der Waals surface area contributed by atoms with Crippen molar-refractivity contribution < 1.29 is 43.9 Å². The molecule has 37 heavy (non-hydrogen) atoms. The number of halogens is 1. The van der Waals surface area contributed by atoms with Gasteiger partial charge < -0.3 is 44.5 Å². The fourth-order valence-electron chi connectivity index (χ4n) is 4.53. The molecule has 11 nitrogen and oxygen atoms in total. The van der Waals surface area contributed by atoms with E-state index in [0.29, 0.717) is 32.8 Å². The largest absolute Gasteiger partial charge is 0.493 e. The number of nitrogens with one attached hydrogen (secondary N) is 1. The van der Waals surface area contributed by atoms with E-state index in [9.17, 15) is 19.8 Å². The second-order valence-electron chi connectivity index (χ2n) is 8.90. The first kappa shape index (κ1) is 29.6. The van der Waals surface area contributed by atoms with Crippen LogP contribution in [0.25, 0.3) is 0 Å². The lowest BCUT2D eigenvalue weighted by atomic mass is 9.88. The van der Waals surface area contributed by atoms with E-state index in [-0.39, 0.29) is 51.3 Å². The number of aliphatic hydroxyl groups is 3. The summed E-state index contributed by atoms with van der Waals surface area (Å²) < 4.78 is 23.2. The van der Waals surface area contributed by atoms with Crippen molar-refractivity contribution >= 4 is 34.4 Å². The molecule has 0 bridgehead atoms. The highest BCUT2D eigenvalue weighted by Crippen LogP contribution is 2.37. The summed E-state index contributed by atoms with van der Waals surface area (Å²) >= 11 is 2.05. The van der Waals surface area contributed by atoms with Gasteiger partial charge in [0.25, 0.3) is 0 Å². The molecule has 0 unspecified atom stereocenters. The van der Waals surface area contributed by atoms with Crippen LogP contribution < -0.4 is 14.8 Å². The van der Waals surface area contributed by atoms with E-state index in [1.807, 2.05) is 22.6 Å². The molecule has 206 valence electrons. The maximum atomic E-state index is 13.1. The highest BCUT2D eigenvalue weighted by molar-refractivity contribution is 14.1. The van der Waals surface area contributed by atoms with Crippen molar-refractivity contribution in [3.63, 3.8) is 0 Å². The molecule has 1 aliphatic carbocycles. The average molecular weight is 634 g/mol. The number of amides is 2. The van der Waals surface area contributed by atoms with Crippen molar-refractivity contribution in [3.8, 4) is 11.5 Å². The van der Waals surface area contributed by atoms with E-state index in [2.05, 4.69) is 5.32 Å². The van der Waals surface area contributed by atoms with Crippen LogP contribution in [0.3, 0.4) is 0 Å². The smallest absolute Gasteiger partial charge is 0.248 e. The molecule has 0 aromatic heterocycles. The molecule has 3 rings (SSSR count). The topological polar surface area (TPSA) is 147 Å². The number of methoxy groups -OCH3 is 2. The van der Waals surface area contributed by atoms with Crippen LogP contribution in [0.15, 0.2) is 23.8 Å². The van der Waals surface area contributed by atoms with Crippen LogP contribution in [-0.2, 0) is 25.7 Å². The van der Waals surface area contributed by atoms with Crippen LogP contribution in [0.1, 0.15) is 24.8 Å². The van der Waals surface area contributed by atoms with E-state index < -0.39 is 24.2 Å². The summed E-state index contributed by atoms with van der Waals surface area (Å²) in [6, 6.07) is 2.57. The Labute approximate surface area is 229 Å². The molecular weight excluding hydrogens is 599 g/mol. The van der Waals surface area contributed by atoms with Gasteiger partial charge in [0.2, 0.25) is 11.8 Å². The van der Waals surface area contributed by atoms with Crippen molar-refractivity contribution in [2.45, 2.75) is 50.2 Å². The van der Waals surface area contributed by atoms with Gasteiger partial charge in [-0.25, -0.2) is 0 Å². The molecule has 0 saturated carbocycles. The predicted octanol–water partition coefficient (Wildman–Crippen LogP) is 0.362. The summed E-state index contributed by atoms with van der Waals surface area (Å²) in [5, 5.41) is 32.8. The monoisotopic (exact) mass is 634 g/mol. The van der Waals surface area contributed by atoms with Crippen molar-refractivity contribution in [3.05, 3.63) is 32.9 Å². The van der Waals surface area contributed by atoms with E-state index in [4.69, 9.17) is 24.1 Å².